The molecule has 0 aromatic carbocycles. The molecular weight excluding hydrogens is 208 g/mol. The molecule has 7 nitrogen and oxygen atoms in total. The van der Waals surface area contributed by atoms with Crippen LogP contribution in [0.1, 0.15) is 5.76 Å². The van der Waals surface area contributed by atoms with E-state index in [1.165, 1.54) is 6.33 Å². The summed E-state index contributed by atoms with van der Waals surface area (Å²) in [6.07, 6.45) is 1.41. The number of aromatic nitrogens is 3. The first-order chi connectivity index (χ1) is 7.70. The number of nitrogens with zero attached hydrogens (tertiary/aromatic N) is 3. The highest BCUT2D eigenvalue weighted by Gasteiger charge is 2.08. The van der Waals surface area contributed by atoms with E-state index in [4.69, 9.17) is 10.3 Å². The van der Waals surface area contributed by atoms with E-state index in [2.05, 4.69) is 25.8 Å². The van der Waals surface area contributed by atoms with Crippen LogP contribution in [0.3, 0.4) is 0 Å². The van der Waals surface area contributed by atoms with Crippen molar-refractivity contribution >= 4 is 23.1 Å². The normalized spacial score (nSPS) is 10.1. The number of anilines is 4. The van der Waals surface area contributed by atoms with Crippen molar-refractivity contribution in [3.05, 3.63) is 18.2 Å². The van der Waals surface area contributed by atoms with Crippen molar-refractivity contribution in [2.24, 2.45) is 0 Å². The van der Waals surface area contributed by atoms with E-state index in [1.807, 2.05) is 0 Å². The Bertz CT molecular complexity index is 494. The summed E-state index contributed by atoms with van der Waals surface area (Å²) in [6, 6.07) is 1.75. The van der Waals surface area contributed by atoms with Crippen molar-refractivity contribution in [2.75, 3.05) is 23.4 Å². The highest BCUT2D eigenvalue weighted by molar-refractivity contribution is 5.76. The predicted octanol–water partition coefficient (Wildman–Crippen LogP) is 1.14. The number of rotatable bonds is 3. The largest absolute Gasteiger partial charge is 0.393 e. The summed E-state index contributed by atoms with van der Waals surface area (Å²) in [6.45, 7) is 1.81. The van der Waals surface area contributed by atoms with Crippen LogP contribution in [0.15, 0.2) is 16.9 Å². The molecule has 0 unspecified atom stereocenters. The third-order valence-electron chi connectivity index (χ3n) is 2.00. The zero-order chi connectivity index (χ0) is 11.5. The van der Waals surface area contributed by atoms with Crippen molar-refractivity contribution in [2.45, 2.75) is 6.92 Å². The third kappa shape index (κ3) is 1.88. The molecule has 0 bridgehead atoms. The fourth-order valence-corrected chi connectivity index (χ4v) is 1.24. The van der Waals surface area contributed by atoms with Gasteiger partial charge in [-0.05, 0) is 6.92 Å². The molecule has 0 aliphatic heterocycles. The number of hydrogen-bond acceptors (Lipinski definition) is 7. The standard InChI is InChI=1S/C9H12N6O/c1-5-3-6(15-16-5)14-9-7(10)8(11-2)12-4-13-9/h3-4H,10H2,1-2H3,(H2,11,12,13,14,15). The highest BCUT2D eigenvalue weighted by atomic mass is 16.5. The summed E-state index contributed by atoms with van der Waals surface area (Å²) in [7, 11) is 1.74. The second kappa shape index (κ2) is 4.05. The SMILES string of the molecule is CNc1ncnc(Nc2cc(C)on2)c1N. The first-order valence-electron chi connectivity index (χ1n) is 4.69. The van der Waals surface area contributed by atoms with Crippen molar-refractivity contribution in [3.8, 4) is 0 Å². The van der Waals surface area contributed by atoms with Crippen LogP contribution in [0.5, 0.6) is 0 Å². The highest BCUT2D eigenvalue weighted by Crippen LogP contribution is 2.24. The maximum absolute atomic E-state index is 5.84. The van der Waals surface area contributed by atoms with E-state index in [1.54, 1.807) is 20.0 Å². The van der Waals surface area contributed by atoms with Crippen molar-refractivity contribution < 1.29 is 4.52 Å². The summed E-state index contributed by atoms with van der Waals surface area (Å²) in [4.78, 5) is 8.00. The summed E-state index contributed by atoms with van der Waals surface area (Å²) in [5.41, 5.74) is 6.28. The van der Waals surface area contributed by atoms with E-state index >= 15 is 0 Å². The molecule has 0 saturated heterocycles. The van der Waals surface area contributed by atoms with Crippen LogP contribution >= 0.6 is 0 Å². The number of aryl methyl sites for hydroxylation is 1. The summed E-state index contributed by atoms with van der Waals surface area (Å²) in [5.74, 6) is 2.33. The maximum Gasteiger partial charge on any atom is 0.175 e. The number of nitrogens with two attached hydrogens (primary N) is 1. The van der Waals surface area contributed by atoms with Gasteiger partial charge in [0.05, 0.1) is 0 Å². The molecule has 0 amide bonds. The fourth-order valence-electron chi connectivity index (χ4n) is 1.24. The molecule has 0 aliphatic rings. The van der Waals surface area contributed by atoms with Gasteiger partial charge >= 0.3 is 0 Å². The lowest BCUT2D eigenvalue weighted by Gasteiger charge is -2.08. The van der Waals surface area contributed by atoms with Crippen LogP contribution < -0.4 is 16.4 Å². The molecule has 84 valence electrons. The molecule has 0 spiro atoms. The van der Waals surface area contributed by atoms with Gasteiger partial charge in [-0.2, -0.15) is 0 Å². The van der Waals surface area contributed by atoms with Crippen molar-refractivity contribution in [1.29, 1.82) is 0 Å². The Morgan fingerprint density at radius 2 is 2.06 bits per heavy atom. The van der Waals surface area contributed by atoms with Crippen LogP contribution in [0.2, 0.25) is 0 Å². The molecular formula is C9H12N6O. The van der Waals surface area contributed by atoms with Gasteiger partial charge < -0.3 is 20.9 Å². The fraction of sp³-hybridized carbons (Fsp3) is 0.222. The van der Waals surface area contributed by atoms with E-state index in [-0.39, 0.29) is 0 Å². The zero-order valence-electron chi connectivity index (χ0n) is 8.98. The second-order valence-corrected chi connectivity index (χ2v) is 3.18. The minimum absolute atomic E-state index is 0.436. The molecule has 2 aromatic heterocycles. The van der Waals surface area contributed by atoms with Crippen molar-refractivity contribution in [3.63, 3.8) is 0 Å². The number of hydrogen-bond donors (Lipinski definition) is 3. The molecule has 0 saturated carbocycles. The Labute approximate surface area is 92.1 Å². The van der Waals surface area contributed by atoms with Crippen molar-refractivity contribution in [1.82, 2.24) is 15.1 Å². The molecule has 7 heteroatoms. The van der Waals surface area contributed by atoms with Gasteiger partial charge in [-0.1, -0.05) is 5.16 Å². The van der Waals surface area contributed by atoms with Crippen LogP contribution in [-0.4, -0.2) is 22.2 Å². The van der Waals surface area contributed by atoms with Gasteiger partial charge in [-0.3, -0.25) is 0 Å². The Kier molecular flexibility index (Phi) is 2.59. The van der Waals surface area contributed by atoms with Gasteiger partial charge in [0.25, 0.3) is 0 Å². The van der Waals surface area contributed by atoms with Gasteiger partial charge in [0.1, 0.15) is 17.8 Å². The smallest absolute Gasteiger partial charge is 0.175 e. The number of nitrogen functional groups attached to an aromatic ring is 1. The molecule has 0 aliphatic carbocycles. The lowest BCUT2D eigenvalue weighted by Crippen LogP contribution is -2.04. The minimum Gasteiger partial charge on any atom is -0.393 e. The average molecular weight is 220 g/mol. The zero-order valence-corrected chi connectivity index (χ0v) is 8.98. The first-order valence-corrected chi connectivity index (χ1v) is 4.69. The molecule has 2 heterocycles. The van der Waals surface area contributed by atoms with E-state index in [9.17, 15) is 0 Å². The Balaban J connectivity index is 2.28. The van der Waals surface area contributed by atoms with E-state index < -0.39 is 0 Å². The second-order valence-electron chi connectivity index (χ2n) is 3.18. The lowest BCUT2D eigenvalue weighted by molar-refractivity contribution is 0.400. The van der Waals surface area contributed by atoms with Crippen LogP contribution in [0, 0.1) is 6.92 Å². The predicted molar refractivity (Wildman–Crippen MR) is 60.5 cm³/mol. The topological polar surface area (TPSA) is 102 Å². The van der Waals surface area contributed by atoms with Crippen LogP contribution in [-0.2, 0) is 0 Å². The summed E-state index contributed by atoms with van der Waals surface area (Å²) in [5, 5.41) is 9.60. The average Bonchev–Trinajstić information content (AvgIpc) is 2.67. The van der Waals surface area contributed by atoms with Crippen LogP contribution in [0.25, 0.3) is 0 Å². The monoisotopic (exact) mass is 220 g/mol. The van der Waals surface area contributed by atoms with E-state index in [0.29, 0.717) is 28.9 Å². The van der Waals surface area contributed by atoms with Gasteiger partial charge in [-0.25, -0.2) is 9.97 Å². The van der Waals surface area contributed by atoms with Gasteiger partial charge in [-0.15, -0.1) is 0 Å². The maximum atomic E-state index is 5.84. The number of nitrogens with one attached hydrogen (secondary N) is 2. The molecule has 0 atom stereocenters. The Morgan fingerprint density at radius 3 is 2.69 bits per heavy atom. The lowest BCUT2D eigenvalue weighted by atomic mass is 10.4. The molecule has 0 radical (unpaired) electrons. The third-order valence-corrected chi connectivity index (χ3v) is 2.00. The molecule has 2 aromatic rings. The van der Waals surface area contributed by atoms with Gasteiger partial charge in [0, 0.05) is 13.1 Å². The quantitative estimate of drug-likeness (QED) is 0.712. The minimum atomic E-state index is 0.436. The van der Waals surface area contributed by atoms with Crippen LogP contribution in [0.4, 0.5) is 23.1 Å². The first kappa shape index (κ1) is 10.2. The Morgan fingerprint density at radius 1 is 1.31 bits per heavy atom. The molecule has 16 heavy (non-hydrogen) atoms. The van der Waals surface area contributed by atoms with E-state index in [0.717, 1.165) is 0 Å². The molecule has 0 fully saturated rings. The van der Waals surface area contributed by atoms with Gasteiger partial charge in [0.15, 0.2) is 17.5 Å². The Hall–Kier alpha value is -2.31. The summed E-state index contributed by atoms with van der Waals surface area (Å²) < 4.78 is 4.92. The summed E-state index contributed by atoms with van der Waals surface area (Å²) >= 11 is 0. The molecule has 4 N–H and O–H groups in total. The molecule has 2 rings (SSSR count). The van der Waals surface area contributed by atoms with Gasteiger partial charge in [0.2, 0.25) is 0 Å².